The van der Waals surface area contributed by atoms with E-state index in [0.29, 0.717) is 6.61 Å². The standard InChI is InChI=1S/C15H23NO2/c1-15(2,3)16-9-10-17-14(11-16)12-18-13-7-5-4-6-8-13/h4-8,14H,9-12H2,1-3H3/t14-/m1/s1. The van der Waals surface area contributed by atoms with Crippen molar-refractivity contribution in [3.63, 3.8) is 0 Å². The van der Waals surface area contributed by atoms with Crippen molar-refractivity contribution in [1.29, 1.82) is 0 Å². The average Bonchev–Trinajstić information content (AvgIpc) is 2.37. The van der Waals surface area contributed by atoms with Crippen LogP contribution in [-0.4, -0.2) is 42.8 Å². The van der Waals surface area contributed by atoms with Crippen LogP contribution in [-0.2, 0) is 4.74 Å². The first-order chi connectivity index (χ1) is 8.55. The maximum Gasteiger partial charge on any atom is 0.119 e. The molecule has 0 unspecified atom stereocenters. The van der Waals surface area contributed by atoms with Gasteiger partial charge in [0.15, 0.2) is 0 Å². The number of hydrogen-bond acceptors (Lipinski definition) is 3. The van der Waals surface area contributed by atoms with Crippen molar-refractivity contribution in [3.8, 4) is 5.75 Å². The van der Waals surface area contributed by atoms with Crippen LogP contribution in [0.15, 0.2) is 30.3 Å². The number of ether oxygens (including phenoxy) is 2. The van der Waals surface area contributed by atoms with Crippen LogP contribution >= 0.6 is 0 Å². The third kappa shape index (κ3) is 3.72. The van der Waals surface area contributed by atoms with Gasteiger partial charge in [-0.05, 0) is 32.9 Å². The van der Waals surface area contributed by atoms with Gasteiger partial charge in [0.05, 0.1) is 6.61 Å². The summed E-state index contributed by atoms with van der Waals surface area (Å²) in [6, 6.07) is 9.91. The molecule has 0 radical (unpaired) electrons. The first-order valence-corrected chi connectivity index (χ1v) is 6.60. The molecule has 0 spiro atoms. The average molecular weight is 249 g/mol. The second kappa shape index (κ2) is 5.72. The smallest absolute Gasteiger partial charge is 0.119 e. The molecule has 0 bridgehead atoms. The highest BCUT2D eigenvalue weighted by Crippen LogP contribution is 2.18. The maximum atomic E-state index is 5.76. The second-order valence-electron chi connectivity index (χ2n) is 5.73. The lowest BCUT2D eigenvalue weighted by Crippen LogP contribution is -2.52. The van der Waals surface area contributed by atoms with Gasteiger partial charge in [-0.25, -0.2) is 0 Å². The second-order valence-corrected chi connectivity index (χ2v) is 5.73. The summed E-state index contributed by atoms with van der Waals surface area (Å²) in [5.74, 6) is 0.911. The van der Waals surface area contributed by atoms with E-state index in [9.17, 15) is 0 Å². The van der Waals surface area contributed by atoms with E-state index in [1.165, 1.54) is 0 Å². The summed E-state index contributed by atoms with van der Waals surface area (Å²) < 4.78 is 11.5. The number of para-hydroxylation sites is 1. The summed E-state index contributed by atoms with van der Waals surface area (Å²) in [4.78, 5) is 2.45. The molecule has 2 rings (SSSR count). The summed E-state index contributed by atoms with van der Waals surface area (Å²) in [5.41, 5.74) is 0.203. The molecule has 18 heavy (non-hydrogen) atoms. The molecule has 1 heterocycles. The van der Waals surface area contributed by atoms with Gasteiger partial charge in [0.25, 0.3) is 0 Å². The van der Waals surface area contributed by atoms with Crippen molar-refractivity contribution in [2.24, 2.45) is 0 Å². The van der Waals surface area contributed by atoms with Gasteiger partial charge < -0.3 is 9.47 Å². The third-order valence-corrected chi connectivity index (χ3v) is 3.27. The number of nitrogens with zero attached hydrogens (tertiary/aromatic N) is 1. The van der Waals surface area contributed by atoms with Crippen LogP contribution < -0.4 is 4.74 Å². The molecule has 1 atom stereocenters. The Morgan fingerprint density at radius 2 is 2.00 bits per heavy atom. The number of rotatable bonds is 3. The van der Waals surface area contributed by atoms with Gasteiger partial charge in [-0.15, -0.1) is 0 Å². The Kier molecular flexibility index (Phi) is 4.25. The van der Waals surface area contributed by atoms with Crippen molar-refractivity contribution >= 4 is 0 Å². The molecule has 1 aliphatic rings. The Balaban J connectivity index is 1.83. The molecule has 1 aliphatic heterocycles. The van der Waals surface area contributed by atoms with Gasteiger partial charge in [0.1, 0.15) is 18.5 Å². The highest BCUT2D eigenvalue weighted by molar-refractivity contribution is 5.20. The zero-order valence-corrected chi connectivity index (χ0v) is 11.6. The fraction of sp³-hybridized carbons (Fsp3) is 0.600. The van der Waals surface area contributed by atoms with Crippen molar-refractivity contribution in [2.75, 3.05) is 26.3 Å². The summed E-state index contributed by atoms with van der Waals surface area (Å²) in [7, 11) is 0. The topological polar surface area (TPSA) is 21.7 Å². The number of benzene rings is 1. The first kappa shape index (κ1) is 13.4. The summed E-state index contributed by atoms with van der Waals surface area (Å²) in [5, 5.41) is 0. The zero-order valence-electron chi connectivity index (χ0n) is 11.6. The van der Waals surface area contributed by atoms with E-state index in [-0.39, 0.29) is 11.6 Å². The number of hydrogen-bond donors (Lipinski definition) is 0. The predicted octanol–water partition coefficient (Wildman–Crippen LogP) is 2.56. The summed E-state index contributed by atoms with van der Waals surface area (Å²) in [6.45, 7) is 10.1. The van der Waals surface area contributed by atoms with Crippen molar-refractivity contribution in [2.45, 2.75) is 32.4 Å². The largest absolute Gasteiger partial charge is 0.491 e. The van der Waals surface area contributed by atoms with E-state index in [0.717, 1.165) is 25.4 Å². The molecule has 1 fully saturated rings. The first-order valence-electron chi connectivity index (χ1n) is 6.60. The van der Waals surface area contributed by atoms with Crippen LogP contribution in [0.1, 0.15) is 20.8 Å². The normalized spacial score (nSPS) is 21.8. The Bertz CT molecular complexity index is 359. The van der Waals surface area contributed by atoms with Crippen molar-refractivity contribution < 1.29 is 9.47 Å². The maximum absolute atomic E-state index is 5.76. The Labute approximate surface area is 110 Å². The van der Waals surface area contributed by atoms with E-state index in [1.54, 1.807) is 0 Å². The molecule has 1 aromatic carbocycles. The van der Waals surface area contributed by atoms with Crippen LogP contribution in [0.4, 0.5) is 0 Å². The third-order valence-electron chi connectivity index (χ3n) is 3.27. The lowest BCUT2D eigenvalue weighted by molar-refractivity contribution is -0.0729. The zero-order chi connectivity index (χ0) is 13.0. The molecule has 100 valence electrons. The highest BCUT2D eigenvalue weighted by atomic mass is 16.5. The molecule has 0 aliphatic carbocycles. The summed E-state index contributed by atoms with van der Waals surface area (Å²) >= 11 is 0. The highest BCUT2D eigenvalue weighted by Gasteiger charge is 2.28. The molecule has 0 saturated carbocycles. The van der Waals surface area contributed by atoms with Crippen molar-refractivity contribution in [1.82, 2.24) is 4.90 Å². The lowest BCUT2D eigenvalue weighted by atomic mass is 10.0. The fourth-order valence-corrected chi connectivity index (χ4v) is 2.14. The fourth-order valence-electron chi connectivity index (χ4n) is 2.14. The van der Waals surface area contributed by atoms with Gasteiger partial charge in [-0.3, -0.25) is 4.90 Å². The van der Waals surface area contributed by atoms with Crippen LogP contribution in [0.3, 0.4) is 0 Å². The molecular weight excluding hydrogens is 226 g/mol. The molecule has 0 amide bonds. The molecule has 1 aromatic rings. The molecular formula is C15H23NO2. The molecule has 0 N–H and O–H groups in total. The molecule has 3 heteroatoms. The van der Waals surface area contributed by atoms with Gasteiger partial charge in [-0.2, -0.15) is 0 Å². The van der Waals surface area contributed by atoms with Crippen molar-refractivity contribution in [3.05, 3.63) is 30.3 Å². The monoisotopic (exact) mass is 249 g/mol. The Hall–Kier alpha value is -1.06. The minimum absolute atomic E-state index is 0.165. The van der Waals surface area contributed by atoms with Gasteiger partial charge in [0.2, 0.25) is 0 Å². The van der Waals surface area contributed by atoms with E-state index in [2.05, 4.69) is 25.7 Å². The van der Waals surface area contributed by atoms with Crippen LogP contribution in [0.25, 0.3) is 0 Å². The van der Waals surface area contributed by atoms with E-state index in [1.807, 2.05) is 30.3 Å². The van der Waals surface area contributed by atoms with Gasteiger partial charge in [0, 0.05) is 18.6 Å². The quantitative estimate of drug-likeness (QED) is 0.822. The minimum Gasteiger partial charge on any atom is -0.491 e. The minimum atomic E-state index is 0.165. The van der Waals surface area contributed by atoms with Crippen LogP contribution in [0.5, 0.6) is 5.75 Å². The van der Waals surface area contributed by atoms with E-state index >= 15 is 0 Å². The SMILES string of the molecule is CC(C)(C)N1CCO[C@@H](COc2ccccc2)C1. The lowest BCUT2D eigenvalue weighted by Gasteiger charge is -2.41. The molecule has 1 saturated heterocycles. The van der Waals surface area contributed by atoms with Crippen LogP contribution in [0.2, 0.25) is 0 Å². The van der Waals surface area contributed by atoms with E-state index in [4.69, 9.17) is 9.47 Å². The van der Waals surface area contributed by atoms with E-state index < -0.39 is 0 Å². The Morgan fingerprint density at radius 3 is 2.67 bits per heavy atom. The predicted molar refractivity (Wildman–Crippen MR) is 73.0 cm³/mol. The van der Waals surface area contributed by atoms with Gasteiger partial charge >= 0.3 is 0 Å². The number of morpholine rings is 1. The summed E-state index contributed by atoms with van der Waals surface area (Å²) in [6.07, 6.45) is 0.165. The molecule has 3 nitrogen and oxygen atoms in total. The van der Waals surface area contributed by atoms with Crippen LogP contribution in [0, 0.1) is 0 Å². The van der Waals surface area contributed by atoms with Gasteiger partial charge in [-0.1, -0.05) is 18.2 Å². The Morgan fingerprint density at radius 1 is 1.28 bits per heavy atom. The molecule has 0 aromatic heterocycles.